The Morgan fingerprint density at radius 1 is 0.944 bits per heavy atom. The van der Waals surface area contributed by atoms with Crippen LogP contribution in [0.1, 0.15) is 0 Å². The van der Waals surface area contributed by atoms with Gasteiger partial charge in [-0.3, -0.25) is 0 Å². The summed E-state index contributed by atoms with van der Waals surface area (Å²) in [6.07, 6.45) is 0. The zero-order valence-corrected chi connectivity index (χ0v) is 10.4. The zero-order chi connectivity index (χ0) is 12.5. The van der Waals surface area contributed by atoms with E-state index in [1.165, 1.54) is 5.39 Å². The molecule has 0 bridgehead atoms. The van der Waals surface area contributed by atoms with Gasteiger partial charge in [0, 0.05) is 5.39 Å². The van der Waals surface area contributed by atoms with Gasteiger partial charge in [-0.2, -0.15) is 0 Å². The standard InChI is InChI=1S/C16H13O2/c1-17-14-10-9-12-8-7-11-5-3-4-6-13(11)15(12)16(14)18-2/h3-8,10H,1-2H3. The average molecular weight is 237 g/mol. The maximum Gasteiger partial charge on any atom is 0.169 e. The third kappa shape index (κ3) is 1.50. The Morgan fingerprint density at radius 2 is 1.78 bits per heavy atom. The largest absolute Gasteiger partial charge is 0.493 e. The second-order valence-corrected chi connectivity index (χ2v) is 4.10. The van der Waals surface area contributed by atoms with Crippen LogP contribution >= 0.6 is 0 Å². The molecule has 0 saturated carbocycles. The summed E-state index contributed by atoms with van der Waals surface area (Å²) in [5, 5.41) is 4.42. The van der Waals surface area contributed by atoms with Crippen molar-refractivity contribution in [2.45, 2.75) is 0 Å². The molecule has 18 heavy (non-hydrogen) atoms. The molecule has 0 atom stereocenters. The molecule has 89 valence electrons. The quantitative estimate of drug-likeness (QED) is 0.631. The van der Waals surface area contributed by atoms with Crippen LogP contribution in [0.2, 0.25) is 0 Å². The fraction of sp³-hybridized carbons (Fsp3) is 0.125. The Balaban J connectivity index is 2.53. The summed E-state index contributed by atoms with van der Waals surface area (Å²) in [6, 6.07) is 17.4. The van der Waals surface area contributed by atoms with Gasteiger partial charge in [0.2, 0.25) is 0 Å². The van der Waals surface area contributed by atoms with Gasteiger partial charge < -0.3 is 9.47 Å². The van der Waals surface area contributed by atoms with E-state index in [4.69, 9.17) is 9.47 Å². The number of fused-ring (bicyclic) bond motifs is 3. The summed E-state index contributed by atoms with van der Waals surface area (Å²) in [6.45, 7) is 0. The number of rotatable bonds is 2. The predicted molar refractivity (Wildman–Crippen MR) is 73.4 cm³/mol. The molecule has 0 aliphatic heterocycles. The van der Waals surface area contributed by atoms with Crippen LogP contribution in [-0.4, -0.2) is 14.2 Å². The van der Waals surface area contributed by atoms with Gasteiger partial charge in [-0.05, 0) is 28.3 Å². The highest BCUT2D eigenvalue weighted by molar-refractivity contribution is 6.11. The van der Waals surface area contributed by atoms with Crippen molar-refractivity contribution in [2.75, 3.05) is 14.2 Å². The van der Waals surface area contributed by atoms with Crippen LogP contribution in [-0.2, 0) is 0 Å². The molecule has 0 N–H and O–H groups in total. The van der Waals surface area contributed by atoms with E-state index in [1.54, 1.807) is 14.2 Å². The first-order valence-corrected chi connectivity index (χ1v) is 5.79. The molecule has 0 spiro atoms. The number of ether oxygens (including phenoxy) is 2. The Kier molecular flexibility index (Phi) is 2.56. The summed E-state index contributed by atoms with van der Waals surface area (Å²) in [5.74, 6) is 1.48. The maximum atomic E-state index is 5.51. The molecule has 0 saturated heterocycles. The first-order valence-electron chi connectivity index (χ1n) is 5.79. The van der Waals surface area contributed by atoms with Crippen molar-refractivity contribution in [1.82, 2.24) is 0 Å². The molecule has 1 radical (unpaired) electrons. The molecule has 0 unspecified atom stereocenters. The smallest absolute Gasteiger partial charge is 0.169 e. The first-order chi connectivity index (χ1) is 8.85. The highest BCUT2D eigenvalue weighted by Gasteiger charge is 2.11. The van der Waals surface area contributed by atoms with E-state index in [0.29, 0.717) is 5.75 Å². The van der Waals surface area contributed by atoms with Gasteiger partial charge in [0.05, 0.1) is 14.2 Å². The molecule has 3 aromatic rings. The van der Waals surface area contributed by atoms with Crippen molar-refractivity contribution in [2.24, 2.45) is 0 Å². The van der Waals surface area contributed by atoms with Crippen molar-refractivity contribution in [3.63, 3.8) is 0 Å². The van der Waals surface area contributed by atoms with Crippen molar-refractivity contribution < 1.29 is 9.47 Å². The lowest BCUT2D eigenvalue weighted by Gasteiger charge is -2.12. The average Bonchev–Trinajstić information content (AvgIpc) is 2.45. The van der Waals surface area contributed by atoms with Crippen molar-refractivity contribution in [3.05, 3.63) is 48.5 Å². The Hall–Kier alpha value is -2.22. The van der Waals surface area contributed by atoms with Crippen LogP contribution in [0.4, 0.5) is 0 Å². The summed E-state index contributed by atoms with van der Waals surface area (Å²) in [7, 11) is 3.31. The molecule has 3 aromatic carbocycles. The van der Waals surface area contributed by atoms with Crippen LogP contribution in [0, 0.1) is 6.07 Å². The molecule has 0 aromatic heterocycles. The van der Waals surface area contributed by atoms with Crippen LogP contribution in [0.5, 0.6) is 11.5 Å². The topological polar surface area (TPSA) is 18.5 Å². The number of benzene rings is 3. The van der Waals surface area contributed by atoms with E-state index in [1.807, 2.05) is 18.2 Å². The Morgan fingerprint density at radius 3 is 2.56 bits per heavy atom. The minimum atomic E-state index is 0.710. The molecule has 0 heterocycles. The number of methoxy groups -OCH3 is 2. The first kappa shape index (κ1) is 10.9. The van der Waals surface area contributed by atoms with E-state index in [0.717, 1.165) is 21.9 Å². The van der Waals surface area contributed by atoms with Crippen molar-refractivity contribution in [3.8, 4) is 11.5 Å². The highest BCUT2D eigenvalue weighted by Crippen LogP contribution is 2.39. The summed E-state index contributed by atoms with van der Waals surface area (Å²) in [4.78, 5) is 0. The van der Waals surface area contributed by atoms with Gasteiger partial charge in [0.15, 0.2) is 11.5 Å². The second kappa shape index (κ2) is 4.22. The normalized spacial score (nSPS) is 10.8. The SMILES string of the molecule is COc1c[c]c2ccc3ccccc3c2c1OC. The van der Waals surface area contributed by atoms with E-state index < -0.39 is 0 Å². The maximum absolute atomic E-state index is 5.51. The number of hydrogen-bond donors (Lipinski definition) is 0. The predicted octanol–water partition coefficient (Wildman–Crippen LogP) is 3.81. The van der Waals surface area contributed by atoms with Gasteiger partial charge in [0.1, 0.15) is 0 Å². The zero-order valence-electron chi connectivity index (χ0n) is 10.4. The van der Waals surface area contributed by atoms with E-state index in [2.05, 4.69) is 30.3 Å². The van der Waals surface area contributed by atoms with Gasteiger partial charge in [-0.1, -0.05) is 36.4 Å². The van der Waals surface area contributed by atoms with Crippen molar-refractivity contribution >= 4 is 21.5 Å². The Bertz CT molecular complexity index is 717. The van der Waals surface area contributed by atoms with Gasteiger partial charge in [0.25, 0.3) is 0 Å². The van der Waals surface area contributed by atoms with Gasteiger partial charge in [-0.25, -0.2) is 0 Å². The molecule has 0 amide bonds. The van der Waals surface area contributed by atoms with Crippen LogP contribution in [0.25, 0.3) is 21.5 Å². The van der Waals surface area contributed by atoms with Crippen molar-refractivity contribution in [1.29, 1.82) is 0 Å². The van der Waals surface area contributed by atoms with Crippen LogP contribution < -0.4 is 9.47 Å². The van der Waals surface area contributed by atoms with Gasteiger partial charge >= 0.3 is 0 Å². The molecular weight excluding hydrogens is 224 g/mol. The molecular formula is C16H13O2. The summed E-state index contributed by atoms with van der Waals surface area (Å²) >= 11 is 0. The highest BCUT2D eigenvalue weighted by atomic mass is 16.5. The fourth-order valence-electron chi connectivity index (χ4n) is 2.32. The monoisotopic (exact) mass is 237 g/mol. The lowest BCUT2D eigenvalue weighted by atomic mass is 10.0. The van der Waals surface area contributed by atoms with E-state index in [9.17, 15) is 0 Å². The Labute approximate surface area is 106 Å². The molecule has 2 heteroatoms. The molecule has 3 rings (SSSR count). The summed E-state index contributed by atoms with van der Waals surface area (Å²) in [5.41, 5.74) is 0. The molecule has 0 fully saturated rings. The van der Waals surface area contributed by atoms with E-state index in [-0.39, 0.29) is 0 Å². The molecule has 0 aliphatic carbocycles. The molecule has 0 aliphatic rings. The fourth-order valence-corrected chi connectivity index (χ4v) is 2.32. The second-order valence-electron chi connectivity index (χ2n) is 4.10. The van der Waals surface area contributed by atoms with Crippen LogP contribution in [0.15, 0.2) is 42.5 Å². The minimum absolute atomic E-state index is 0.710. The lowest BCUT2D eigenvalue weighted by Crippen LogP contribution is -1.92. The third-order valence-electron chi connectivity index (χ3n) is 3.16. The van der Waals surface area contributed by atoms with Crippen LogP contribution in [0.3, 0.4) is 0 Å². The van der Waals surface area contributed by atoms with E-state index >= 15 is 0 Å². The van der Waals surface area contributed by atoms with Gasteiger partial charge in [-0.15, -0.1) is 0 Å². The summed E-state index contributed by atoms with van der Waals surface area (Å²) < 4.78 is 10.8. The number of hydrogen-bond acceptors (Lipinski definition) is 2. The minimum Gasteiger partial charge on any atom is -0.493 e. The molecule has 2 nitrogen and oxygen atoms in total. The third-order valence-corrected chi connectivity index (χ3v) is 3.16. The lowest BCUT2D eigenvalue weighted by molar-refractivity contribution is 0.358.